The summed E-state index contributed by atoms with van der Waals surface area (Å²) in [5.74, 6) is -2.52. The molecule has 0 saturated heterocycles. The molecule has 0 fully saturated rings. The zero-order chi connectivity index (χ0) is 35.7. The fraction of sp³-hybridized carbons (Fsp3) is 0.567. The fourth-order valence-electron chi connectivity index (χ4n) is 4.15. The number of unbranched alkanes of at least 4 members (excludes halogenated alkanes) is 1. The molecule has 1 aromatic carbocycles. The van der Waals surface area contributed by atoms with E-state index in [0.29, 0.717) is 30.7 Å². The highest BCUT2D eigenvalue weighted by Crippen LogP contribution is 2.36. The smallest absolute Gasteiger partial charge is 0.406 e. The molecule has 0 bridgehead atoms. The second-order valence-electron chi connectivity index (χ2n) is 10.0. The van der Waals surface area contributed by atoms with Crippen molar-refractivity contribution in [1.29, 1.82) is 0 Å². The van der Waals surface area contributed by atoms with Gasteiger partial charge in [-0.15, -0.1) is 0 Å². The normalized spacial score (nSPS) is 10.7. The third kappa shape index (κ3) is 17.4. The molecule has 0 saturated carbocycles. The Bertz CT molecular complexity index is 1130. The maximum Gasteiger partial charge on any atom is 0.406 e. The van der Waals surface area contributed by atoms with Crippen LogP contribution in [-0.2, 0) is 33.4 Å². The Hall–Kier alpha value is -5.29. The highest BCUT2D eigenvalue weighted by Gasteiger charge is 2.35. The lowest BCUT2D eigenvalue weighted by molar-refractivity contribution is -0.123. The number of ether oxygens (including phenoxy) is 5. The Morgan fingerprint density at radius 3 is 1.71 bits per heavy atom. The summed E-state index contributed by atoms with van der Waals surface area (Å²) >= 11 is 0. The van der Waals surface area contributed by atoms with Crippen LogP contribution in [0.4, 0.5) is 19.2 Å². The van der Waals surface area contributed by atoms with Gasteiger partial charge in [-0.2, -0.15) is 0 Å². The van der Waals surface area contributed by atoms with Gasteiger partial charge < -0.3 is 55.1 Å². The van der Waals surface area contributed by atoms with Crippen molar-refractivity contribution in [2.75, 3.05) is 74.4 Å². The summed E-state index contributed by atoms with van der Waals surface area (Å²) in [6, 6.07) is 6.65. The molecule has 48 heavy (non-hydrogen) atoms. The van der Waals surface area contributed by atoms with Crippen LogP contribution in [0.15, 0.2) is 29.4 Å². The molecule has 0 aliphatic heterocycles. The van der Waals surface area contributed by atoms with Crippen LogP contribution in [0, 0.1) is 11.8 Å². The molecule has 0 aliphatic carbocycles. The molecule has 0 unspecified atom stereocenters. The van der Waals surface area contributed by atoms with Crippen molar-refractivity contribution in [3.63, 3.8) is 0 Å². The van der Waals surface area contributed by atoms with E-state index in [0.717, 1.165) is 6.21 Å². The van der Waals surface area contributed by atoms with E-state index in [4.69, 9.17) is 28.5 Å². The van der Waals surface area contributed by atoms with Crippen molar-refractivity contribution in [2.24, 2.45) is 17.0 Å². The number of nitrogens with one attached hydrogen (secondary N) is 5. The van der Waals surface area contributed by atoms with E-state index >= 15 is 0 Å². The van der Waals surface area contributed by atoms with Crippen molar-refractivity contribution in [3.05, 3.63) is 29.8 Å². The molecule has 0 aromatic heterocycles. The second kappa shape index (κ2) is 24.0. The third-order valence-corrected chi connectivity index (χ3v) is 6.45. The highest BCUT2D eigenvalue weighted by atomic mass is 16.6. The Morgan fingerprint density at radius 1 is 0.750 bits per heavy atom. The average Bonchev–Trinajstić information content (AvgIpc) is 3.09. The van der Waals surface area contributed by atoms with Crippen LogP contribution < -0.4 is 31.3 Å². The SMILES string of the molecule is CNC(=O)OCC(COC(=O)NC)C(c1cccc(OCC(=O)NCCCCO/N=C\C(C)=O)c1)C(COC(=O)NC)COC(=O)NC. The Balaban J connectivity index is 3.22. The molecule has 0 heterocycles. The highest BCUT2D eigenvalue weighted by molar-refractivity contribution is 6.26. The molecule has 0 atom stereocenters. The predicted molar refractivity (Wildman–Crippen MR) is 171 cm³/mol. The van der Waals surface area contributed by atoms with E-state index in [9.17, 15) is 28.8 Å². The minimum Gasteiger partial charge on any atom is -0.484 e. The molecule has 5 amide bonds. The van der Waals surface area contributed by atoms with E-state index < -0.39 is 42.1 Å². The van der Waals surface area contributed by atoms with Gasteiger partial charge in [0.1, 0.15) is 18.6 Å². The monoisotopic (exact) mass is 682 g/mol. The minimum absolute atomic E-state index is 0.224. The zero-order valence-electron chi connectivity index (χ0n) is 27.8. The van der Waals surface area contributed by atoms with Gasteiger partial charge in [0.25, 0.3) is 5.91 Å². The summed E-state index contributed by atoms with van der Waals surface area (Å²) in [6.45, 7) is 0.700. The molecular weight excluding hydrogens is 636 g/mol. The van der Waals surface area contributed by atoms with Crippen molar-refractivity contribution in [1.82, 2.24) is 26.6 Å². The first kappa shape index (κ1) is 40.7. The number of alkyl carbamates (subject to hydrolysis) is 4. The molecule has 5 N–H and O–H groups in total. The van der Waals surface area contributed by atoms with Crippen LogP contribution in [0.25, 0.3) is 0 Å². The standard InChI is InChI=1S/C30H46N6O12/c1-20(37)14-36-48-12-7-6-11-35-25(38)19-43-24-10-8-9-21(13-24)26(22(15-44-27(39)31-2)16-45-28(40)32-3)23(17-46-29(41)33-4)18-47-30(42)34-5/h8-10,13-14,22-23,26H,6-7,11-12,15-19H2,1-5H3,(H,31,39)(H,32,40)(H,33,41)(H,34,42)(H,35,38)/b36-14-. The summed E-state index contributed by atoms with van der Waals surface area (Å²) in [6.07, 6.45) is -0.681. The summed E-state index contributed by atoms with van der Waals surface area (Å²) in [5, 5.41) is 15.7. The van der Waals surface area contributed by atoms with Crippen LogP contribution in [0.2, 0.25) is 0 Å². The van der Waals surface area contributed by atoms with Gasteiger partial charge in [-0.1, -0.05) is 17.3 Å². The maximum absolute atomic E-state index is 12.4. The molecular formula is C30H46N6O12. The Kier molecular flexibility index (Phi) is 20.3. The first-order valence-electron chi connectivity index (χ1n) is 15.1. The molecule has 268 valence electrons. The van der Waals surface area contributed by atoms with Crippen molar-refractivity contribution in [3.8, 4) is 5.75 Å². The van der Waals surface area contributed by atoms with Crippen LogP contribution in [0.3, 0.4) is 0 Å². The second-order valence-corrected chi connectivity index (χ2v) is 10.0. The molecule has 0 aliphatic rings. The van der Waals surface area contributed by atoms with Gasteiger partial charge >= 0.3 is 24.4 Å². The maximum atomic E-state index is 12.4. The summed E-state index contributed by atoms with van der Waals surface area (Å²) in [4.78, 5) is 76.3. The molecule has 18 heteroatoms. The topological polar surface area (TPSA) is 230 Å². The largest absolute Gasteiger partial charge is 0.484 e. The number of oxime groups is 1. The van der Waals surface area contributed by atoms with Crippen LogP contribution in [0.1, 0.15) is 31.2 Å². The van der Waals surface area contributed by atoms with Gasteiger partial charge in [0.2, 0.25) is 0 Å². The number of nitrogens with zero attached hydrogens (tertiary/aromatic N) is 1. The van der Waals surface area contributed by atoms with Crippen LogP contribution in [0.5, 0.6) is 5.75 Å². The van der Waals surface area contributed by atoms with Gasteiger partial charge in [-0.05, 0) is 30.5 Å². The minimum atomic E-state index is -0.748. The van der Waals surface area contributed by atoms with Gasteiger partial charge in [0.05, 0.1) is 26.4 Å². The zero-order valence-corrected chi connectivity index (χ0v) is 27.8. The molecule has 0 spiro atoms. The number of carbonyl (C=O) groups excluding carboxylic acids is 6. The van der Waals surface area contributed by atoms with Crippen molar-refractivity contribution in [2.45, 2.75) is 25.7 Å². The third-order valence-electron chi connectivity index (χ3n) is 6.45. The quantitative estimate of drug-likeness (QED) is 0.0535. The van der Waals surface area contributed by atoms with Crippen molar-refractivity contribution >= 4 is 42.3 Å². The molecule has 1 rings (SSSR count). The summed E-state index contributed by atoms with van der Waals surface area (Å²) in [7, 11) is 5.52. The lowest BCUT2D eigenvalue weighted by atomic mass is 9.77. The molecule has 18 nitrogen and oxygen atoms in total. The Labute approximate surface area is 278 Å². The van der Waals surface area contributed by atoms with Crippen molar-refractivity contribution < 1.29 is 57.3 Å². The number of rotatable bonds is 21. The first-order chi connectivity index (χ1) is 23.0. The van der Waals surface area contributed by atoms with Gasteiger partial charge in [0, 0.05) is 59.4 Å². The van der Waals surface area contributed by atoms with E-state index in [2.05, 4.69) is 31.7 Å². The van der Waals surface area contributed by atoms with Crippen LogP contribution >= 0.6 is 0 Å². The summed E-state index contributed by atoms with van der Waals surface area (Å²) < 4.78 is 27.1. The van der Waals surface area contributed by atoms with Crippen LogP contribution in [-0.4, -0.2) is 117 Å². The number of hydrogen-bond acceptors (Lipinski definition) is 13. The number of ketones is 1. The first-order valence-corrected chi connectivity index (χ1v) is 15.1. The van der Waals surface area contributed by atoms with E-state index in [1.165, 1.54) is 35.1 Å². The van der Waals surface area contributed by atoms with Gasteiger partial charge in [0.15, 0.2) is 12.4 Å². The number of Topliss-reactive ketones (excluding diaryl/α,β-unsaturated/α-hetero) is 1. The molecule has 0 radical (unpaired) electrons. The summed E-state index contributed by atoms with van der Waals surface area (Å²) in [5.41, 5.74) is 0.553. The van der Waals surface area contributed by atoms with E-state index in [-0.39, 0.29) is 51.3 Å². The average molecular weight is 683 g/mol. The lowest BCUT2D eigenvalue weighted by Gasteiger charge is -2.33. The number of hydrogen-bond donors (Lipinski definition) is 5. The van der Waals surface area contributed by atoms with E-state index in [1.54, 1.807) is 24.3 Å². The lowest BCUT2D eigenvalue weighted by Crippen LogP contribution is -2.38. The fourth-order valence-corrected chi connectivity index (χ4v) is 4.15. The van der Waals surface area contributed by atoms with Gasteiger partial charge in [-0.3, -0.25) is 9.59 Å². The predicted octanol–water partition coefficient (Wildman–Crippen LogP) is 1.29. The number of benzene rings is 1. The molecule has 1 aromatic rings. The van der Waals surface area contributed by atoms with E-state index in [1.807, 2.05) is 0 Å². The van der Waals surface area contributed by atoms with Gasteiger partial charge in [-0.25, -0.2) is 19.2 Å². The Morgan fingerprint density at radius 2 is 1.25 bits per heavy atom. The number of amides is 5. The number of carbonyl (C=O) groups is 6.